The average molecular weight is 500 g/mol. The predicted octanol–water partition coefficient (Wildman–Crippen LogP) is 3.34. The molecule has 0 saturated heterocycles. The first-order chi connectivity index (χ1) is 17.7. The number of ketones is 1. The number of carbonyl (C=O) groups excluding carboxylic acids is 4. The Balaban J connectivity index is 1.37. The fraction of sp³-hybridized carbons (Fsp3) is 0.321. The third-order valence-corrected chi connectivity index (χ3v) is 7.01. The summed E-state index contributed by atoms with van der Waals surface area (Å²) in [4.78, 5) is 57.7. The first kappa shape index (κ1) is 24.4. The van der Waals surface area contributed by atoms with E-state index >= 15 is 0 Å². The van der Waals surface area contributed by atoms with Gasteiger partial charge in [-0.15, -0.1) is 0 Å². The highest BCUT2D eigenvalue weighted by atomic mass is 16.2. The lowest BCUT2D eigenvalue weighted by Crippen LogP contribution is -2.64. The number of carbonyl (C=O) groups is 4. The molecule has 0 unspecified atom stereocenters. The Bertz CT molecular complexity index is 1390. The number of nitrogens with one attached hydrogen (secondary N) is 2. The van der Waals surface area contributed by atoms with Gasteiger partial charge in [-0.25, -0.2) is 4.98 Å². The Morgan fingerprint density at radius 3 is 2.35 bits per heavy atom. The van der Waals surface area contributed by atoms with Crippen LogP contribution in [0.5, 0.6) is 0 Å². The highest BCUT2D eigenvalue weighted by Gasteiger charge is 2.53. The Morgan fingerprint density at radius 1 is 1.05 bits per heavy atom. The van der Waals surface area contributed by atoms with Crippen LogP contribution in [0.2, 0.25) is 0 Å². The number of amides is 3. The molecule has 0 bridgehead atoms. The van der Waals surface area contributed by atoms with Gasteiger partial charge in [-0.2, -0.15) is 0 Å². The standard InChI is InChI=1S/C28H29N5O4/c1-17-4-6-19(7-5-17)14-29-27(37)28(3)15-32-16-30-23(24(32)26(36)33(28)22-12-13-22)25(35)31-21-10-8-20(9-11-21)18(2)34/h4-11,16,22H,12-15H2,1-3H3,(H,29,37)(H,31,35)/t28-/m1/s1. The van der Waals surface area contributed by atoms with Gasteiger partial charge in [0.25, 0.3) is 11.8 Å². The van der Waals surface area contributed by atoms with Gasteiger partial charge < -0.3 is 20.1 Å². The summed E-state index contributed by atoms with van der Waals surface area (Å²) in [5.74, 6) is -1.22. The van der Waals surface area contributed by atoms with E-state index in [9.17, 15) is 19.2 Å². The van der Waals surface area contributed by atoms with Crippen LogP contribution in [0.1, 0.15) is 69.2 Å². The lowest BCUT2D eigenvalue weighted by molar-refractivity contribution is -0.133. The van der Waals surface area contributed by atoms with Crippen LogP contribution in [0.4, 0.5) is 5.69 Å². The summed E-state index contributed by atoms with van der Waals surface area (Å²) in [5.41, 5.74) is 2.20. The minimum Gasteiger partial charge on any atom is -0.350 e. The highest BCUT2D eigenvalue weighted by Crippen LogP contribution is 2.39. The van der Waals surface area contributed by atoms with Crippen molar-refractivity contribution >= 4 is 29.2 Å². The van der Waals surface area contributed by atoms with E-state index in [1.165, 1.54) is 13.3 Å². The van der Waals surface area contributed by atoms with Crippen molar-refractivity contribution in [2.75, 3.05) is 5.32 Å². The van der Waals surface area contributed by atoms with Crippen LogP contribution in [0.3, 0.4) is 0 Å². The van der Waals surface area contributed by atoms with Gasteiger partial charge in [-0.05, 0) is 63.4 Å². The van der Waals surface area contributed by atoms with E-state index in [-0.39, 0.29) is 41.6 Å². The number of nitrogens with zero attached hydrogens (tertiary/aromatic N) is 3. The van der Waals surface area contributed by atoms with Gasteiger partial charge in [-0.3, -0.25) is 19.2 Å². The molecule has 2 N–H and O–H groups in total. The van der Waals surface area contributed by atoms with Gasteiger partial charge >= 0.3 is 0 Å². The van der Waals surface area contributed by atoms with Crippen LogP contribution in [0.15, 0.2) is 54.9 Å². The zero-order chi connectivity index (χ0) is 26.3. The maximum Gasteiger partial charge on any atom is 0.276 e. The number of anilines is 1. The molecule has 1 aliphatic carbocycles. The van der Waals surface area contributed by atoms with Gasteiger partial charge in [0, 0.05) is 23.8 Å². The number of rotatable bonds is 7. The summed E-state index contributed by atoms with van der Waals surface area (Å²) >= 11 is 0. The average Bonchev–Trinajstić information content (AvgIpc) is 3.61. The van der Waals surface area contributed by atoms with Crippen LogP contribution in [0.25, 0.3) is 0 Å². The zero-order valence-electron chi connectivity index (χ0n) is 21.1. The second-order valence-corrected chi connectivity index (χ2v) is 10.0. The van der Waals surface area contributed by atoms with Gasteiger partial charge in [0.05, 0.1) is 12.9 Å². The summed E-state index contributed by atoms with van der Waals surface area (Å²) in [7, 11) is 0. The van der Waals surface area contributed by atoms with E-state index in [4.69, 9.17) is 0 Å². The first-order valence-corrected chi connectivity index (χ1v) is 12.3. The molecule has 1 aliphatic heterocycles. The third-order valence-electron chi connectivity index (χ3n) is 7.01. The highest BCUT2D eigenvalue weighted by molar-refractivity contribution is 6.11. The van der Waals surface area contributed by atoms with Crippen molar-refractivity contribution < 1.29 is 19.2 Å². The minimum atomic E-state index is -1.12. The molecule has 3 aromatic rings. The number of fused-ring (bicyclic) bond motifs is 1. The van der Waals surface area contributed by atoms with Crippen LogP contribution in [0, 0.1) is 6.92 Å². The molecule has 3 amide bonds. The molecule has 1 fully saturated rings. The van der Waals surface area contributed by atoms with Crippen molar-refractivity contribution in [3.05, 3.63) is 82.9 Å². The molecule has 0 radical (unpaired) electrons. The summed E-state index contributed by atoms with van der Waals surface area (Å²) in [6.45, 7) is 5.80. The predicted molar refractivity (Wildman–Crippen MR) is 137 cm³/mol. The molecular weight excluding hydrogens is 470 g/mol. The quantitative estimate of drug-likeness (QED) is 0.484. The molecular formula is C28H29N5O4. The molecule has 1 atom stereocenters. The molecule has 2 aliphatic rings. The van der Waals surface area contributed by atoms with E-state index in [0.717, 1.165) is 24.0 Å². The second-order valence-electron chi connectivity index (χ2n) is 10.0. The molecule has 9 heteroatoms. The largest absolute Gasteiger partial charge is 0.350 e. The van der Waals surface area contributed by atoms with Crippen molar-refractivity contribution in [3.63, 3.8) is 0 Å². The van der Waals surface area contributed by atoms with E-state index in [1.807, 2.05) is 31.2 Å². The Hall–Kier alpha value is -4.27. The first-order valence-electron chi connectivity index (χ1n) is 12.3. The van der Waals surface area contributed by atoms with E-state index in [1.54, 1.807) is 40.7 Å². The van der Waals surface area contributed by atoms with Gasteiger partial charge in [0.1, 0.15) is 11.2 Å². The topological polar surface area (TPSA) is 113 Å². The minimum absolute atomic E-state index is 0.00779. The van der Waals surface area contributed by atoms with E-state index in [2.05, 4.69) is 15.6 Å². The van der Waals surface area contributed by atoms with E-state index < -0.39 is 11.4 Å². The van der Waals surface area contributed by atoms with Gasteiger partial charge in [-0.1, -0.05) is 29.8 Å². The Kier molecular flexibility index (Phi) is 6.15. The normalized spacial score (nSPS) is 18.8. The molecule has 5 rings (SSSR count). The number of Topliss-reactive ketones (excluding diaryl/α,β-unsaturated/α-hetero) is 1. The molecule has 0 spiro atoms. The second kappa shape index (κ2) is 9.31. The van der Waals surface area contributed by atoms with Crippen molar-refractivity contribution in [2.45, 2.75) is 58.3 Å². The smallest absolute Gasteiger partial charge is 0.276 e. The maximum absolute atomic E-state index is 13.8. The van der Waals surface area contributed by atoms with Crippen molar-refractivity contribution in [2.24, 2.45) is 0 Å². The number of benzene rings is 2. The Labute approximate surface area is 214 Å². The number of aromatic nitrogens is 2. The van der Waals surface area contributed by atoms with Crippen molar-refractivity contribution in [3.8, 4) is 0 Å². The third kappa shape index (κ3) is 4.64. The molecule has 37 heavy (non-hydrogen) atoms. The summed E-state index contributed by atoms with van der Waals surface area (Å²) in [6.07, 6.45) is 3.06. The Morgan fingerprint density at radius 2 is 1.73 bits per heavy atom. The molecule has 2 heterocycles. The molecule has 9 nitrogen and oxygen atoms in total. The number of hydrogen-bond acceptors (Lipinski definition) is 5. The number of imidazole rings is 1. The summed E-state index contributed by atoms with van der Waals surface area (Å²) in [6, 6.07) is 14.4. The maximum atomic E-state index is 13.8. The summed E-state index contributed by atoms with van der Waals surface area (Å²) < 4.78 is 1.60. The van der Waals surface area contributed by atoms with Crippen LogP contribution >= 0.6 is 0 Å². The monoisotopic (exact) mass is 499 g/mol. The van der Waals surface area contributed by atoms with Crippen LogP contribution in [-0.4, -0.2) is 49.5 Å². The van der Waals surface area contributed by atoms with Crippen molar-refractivity contribution in [1.29, 1.82) is 0 Å². The lowest BCUT2D eigenvalue weighted by atomic mass is 9.93. The molecule has 1 saturated carbocycles. The lowest BCUT2D eigenvalue weighted by Gasteiger charge is -2.44. The van der Waals surface area contributed by atoms with Crippen molar-refractivity contribution in [1.82, 2.24) is 19.8 Å². The van der Waals surface area contributed by atoms with Gasteiger partial charge in [0.2, 0.25) is 5.91 Å². The zero-order valence-corrected chi connectivity index (χ0v) is 21.1. The SMILES string of the molecule is CC(=O)c1ccc(NC(=O)c2ncn3c2C(=O)N(C2CC2)[C@@](C)(C(=O)NCc2ccc(C)cc2)C3)cc1. The van der Waals surface area contributed by atoms with Crippen LogP contribution < -0.4 is 10.6 Å². The molecule has 1 aromatic heterocycles. The van der Waals surface area contributed by atoms with E-state index in [0.29, 0.717) is 17.8 Å². The summed E-state index contributed by atoms with van der Waals surface area (Å²) in [5, 5.41) is 5.75. The molecule has 2 aromatic carbocycles. The number of aryl methyl sites for hydroxylation is 1. The fourth-order valence-corrected chi connectivity index (χ4v) is 4.78. The number of hydrogen-bond donors (Lipinski definition) is 2. The van der Waals surface area contributed by atoms with Crippen LogP contribution in [-0.2, 0) is 17.9 Å². The molecule has 190 valence electrons. The fourth-order valence-electron chi connectivity index (χ4n) is 4.78. The van der Waals surface area contributed by atoms with Gasteiger partial charge in [0.15, 0.2) is 11.5 Å².